The summed E-state index contributed by atoms with van der Waals surface area (Å²) >= 11 is 0. The Bertz CT molecular complexity index is 409. The Hall–Kier alpha value is -1.36. The predicted molar refractivity (Wildman–Crippen MR) is 72.6 cm³/mol. The van der Waals surface area contributed by atoms with Crippen LogP contribution in [0.25, 0.3) is 0 Å². The third-order valence-corrected chi connectivity index (χ3v) is 2.93. The number of aromatic nitrogens is 2. The third-order valence-electron chi connectivity index (χ3n) is 2.93. The summed E-state index contributed by atoms with van der Waals surface area (Å²) in [4.78, 5) is 12.1. The van der Waals surface area contributed by atoms with Crippen LogP contribution >= 0.6 is 0 Å². The zero-order valence-corrected chi connectivity index (χ0v) is 11.8. The first-order valence-corrected chi connectivity index (χ1v) is 6.55. The molecule has 1 amide bonds. The lowest BCUT2D eigenvalue weighted by atomic mass is 10.1. The van der Waals surface area contributed by atoms with E-state index in [1.165, 1.54) is 0 Å². The summed E-state index contributed by atoms with van der Waals surface area (Å²) in [5.74, 6) is -0.0481. The molecule has 0 saturated carbocycles. The summed E-state index contributed by atoms with van der Waals surface area (Å²) in [6, 6.07) is 0.107. The highest BCUT2D eigenvalue weighted by Crippen LogP contribution is 2.13. The molecule has 0 bridgehead atoms. The average Bonchev–Trinajstić information content (AvgIpc) is 2.54. The van der Waals surface area contributed by atoms with Gasteiger partial charge in [0.05, 0.1) is 11.3 Å². The Kier molecular flexibility index (Phi) is 5.34. The van der Waals surface area contributed by atoms with Gasteiger partial charge in [-0.2, -0.15) is 5.10 Å². The van der Waals surface area contributed by atoms with Gasteiger partial charge in [0.25, 0.3) is 5.91 Å². The summed E-state index contributed by atoms with van der Waals surface area (Å²) in [7, 11) is 0. The van der Waals surface area contributed by atoms with Crippen molar-refractivity contribution in [3.8, 4) is 0 Å². The number of nitrogens with two attached hydrogens (primary N) is 1. The molecule has 0 radical (unpaired) electrons. The van der Waals surface area contributed by atoms with Crippen molar-refractivity contribution < 1.29 is 4.79 Å². The van der Waals surface area contributed by atoms with E-state index in [1.54, 1.807) is 0 Å². The minimum absolute atomic E-state index is 0.0481. The molecular weight excluding hydrogens is 228 g/mol. The topological polar surface area (TPSA) is 72.9 Å². The van der Waals surface area contributed by atoms with Crippen LogP contribution < -0.4 is 11.1 Å². The van der Waals surface area contributed by atoms with Crippen molar-refractivity contribution in [3.63, 3.8) is 0 Å². The van der Waals surface area contributed by atoms with Gasteiger partial charge in [-0.05, 0) is 33.6 Å². The molecule has 1 aromatic heterocycles. The van der Waals surface area contributed by atoms with Gasteiger partial charge in [0.1, 0.15) is 0 Å². The average molecular weight is 252 g/mol. The van der Waals surface area contributed by atoms with Crippen LogP contribution in [-0.2, 0) is 6.54 Å². The van der Waals surface area contributed by atoms with Crippen LogP contribution in [-0.4, -0.2) is 28.3 Å². The fourth-order valence-corrected chi connectivity index (χ4v) is 1.96. The molecule has 0 aliphatic heterocycles. The lowest BCUT2D eigenvalue weighted by molar-refractivity contribution is 0.0951. The molecule has 0 fully saturated rings. The molecule has 0 aliphatic carbocycles. The van der Waals surface area contributed by atoms with E-state index in [0.29, 0.717) is 12.1 Å². The number of amides is 1. The van der Waals surface area contributed by atoms with E-state index in [1.807, 2.05) is 25.5 Å². The SMILES string of the molecule is CCCn1nc(C)c(C(=O)NCCC(C)N)c1C. The van der Waals surface area contributed by atoms with Gasteiger partial charge >= 0.3 is 0 Å². The van der Waals surface area contributed by atoms with Crippen molar-refractivity contribution in [2.45, 2.75) is 53.1 Å². The van der Waals surface area contributed by atoms with E-state index in [2.05, 4.69) is 17.3 Å². The van der Waals surface area contributed by atoms with E-state index >= 15 is 0 Å². The van der Waals surface area contributed by atoms with Crippen molar-refractivity contribution in [1.29, 1.82) is 0 Å². The summed E-state index contributed by atoms with van der Waals surface area (Å²) < 4.78 is 1.90. The summed E-state index contributed by atoms with van der Waals surface area (Å²) in [6.07, 6.45) is 1.79. The van der Waals surface area contributed by atoms with Gasteiger partial charge in [0.2, 0.25) is 0 Å². The van der Waals surface area contributed by atoms with Crippen LogP contribution in [0.15, 0.2) is 0 Å². The minimum Gasteiger partial charge on any atom is -0.352 e. The number of rotatable bonds is 6. The Balaban J connectivity index is 2.73. The van der Waals surface area contributed by atoms with Gasteiger partial charge < -0.3 is 11.1 Å². The normalized spacial score (nSPS) is 12.5. The molecular formula is C13H24N4O. The number of hydrogen-bond acceptors (Lipinski definition) is 3. The van der Waals surface area contributed by atoms with Gasteiger partial charge in [0, 0.05) is 24.8 Å². The molecule has 1 atom stereocenters. The molecule has 0 aromatic carbocycles. The Morgan fingerprint density at radius 2 is 2.17 bits per heavy atom. The first-order valence-electron chi connectivity index (χ1n) is 6.55. The Labute approximate surface area is 109 Å². The molecule has 5 heteroatoms. The monoisotopic (exact) mass is 252 g/mol. The highest BCUT2D eigenvalue weighted by atomic mass is 16.1. The maximum absolute atomic E-state index is 12.1. The molecule has 1 aromatic rings. The second kappa shape index (κ2) is 6.54. The predicted octanol–water partition coefficient (Wildman–Crippen LogP) is 1.38. The molecule has 0 saturated heterocycles. The van der Waals surface area contributed by atoms with Crippen LogP contribution in [0.4, 0.5) is 0 Å². The zero-order valence-electron chi connectivity index (χ0n) is 11.8. The quantitative estimate of drug-likeness (QED) is 0.803. The van der Waals surface area contributed by atoms with Gasteiger partial charge in [0.15, 0.2) is 0 Å². The number of carbonyl (C=O) groups is 1. The van der Waals surface area contributed by atoms with Gasteiger partial charge in [-0.25, -0.2) is 0 Å². The standard InChI is InChI=1S/C13H24N4O/c1-5-8-17-11(4)12(10(3)16-17)13(18)15-7-6-9(2)14/h9H,5-8,14H2,1-4H3,(H,15,18). The van der Waals surface area contributed by atoms with Crippen molar-refractivity contribution in [3.05, 3.63) is 17.0 Å². The maximum Gasteiger partial charge on any atom is 0.255 e. The van der Waals surface area contributed by atoms with Crippen molar-refractivity contribution in [2.75, 3.05) is 6.54 Å². The number of nitrogens with one attached hydrogen (secondary N) is 1. The first kappa shape index (κ1) is 14.7. The summed E-state index contributed by atoms with van der Waals surface area (Å²) in [6.45, 7) is 9.30. The summed E-state index contributed by atoms with van der Waals surface area (Å²) in [5, 5.41) is 7.29. The Morgan fingerprint density at radius 1 is 1.50 bits per heavy atom. The number of carbonyl (C=O) groups excluding carboxylic acids is 1. The summed E-state index contributed by atoms with van der Waals surface area (Å²) in [5.41, 5.74) is 8.08. The number of hydrogen-bond donors (Lipinski definition) is 2. The molecule has 1 heterocycles. The maximum atomic E-state index is 12.1. The molecule has 0 spiro atoms. The van der Waals surface area contributed by atoms with Crippen molar-refractivity contribution in [2.24, 2.45) is 5.73 Å². The van der Waals surface area contributed by atoms with Gasteiger partial charge in [-0.1, -0.05) is 6.92 Å². The van der Waals surface area contributed by atoms with Crippen LogP contribution in [0.3, 0.4) is 0 Å². The van der Waals surface area contributed by atoms with Gasteiger partial charge in [-0.3, -0.25) is 9.48 Å². The first-order chi connectivity index (χ1) is 8.47. The van der Waals surface area contributed by atoms with E-state index in [4.69, 9.17) is 5.73 Å². The lowest BCUT2D eigenvalue weighted by Gasteiger charge is -2.08. The lowest BCUT2D eigenvalue weighted by Crippen LogP contribution is -2.29. The van der Waals surface area contributed by atoms with E-state index in [-0.39, 0.29) is 11.9 Å². The van der Waals surface area contributed by atoms with Crippen molar-refractivity contribution >= 4 is 5.91 Å². The minimum atomic E-state index is -0.0481. The zero-order chi connectivity index (χ0) is 13.7. The van der Waals surface area contributed by atoms with Crippen LogP contribution in [0, 0.1) is 13.8 Å². The highest BCUT2D eigenvalue weighted by molar-refractivity contribution is 5.96. The fraction of sp³-hybridized carbons (Fsp3) is 0.692. The smallest absolute Gasteiger partial charge is 0.255 e. The molecule has 18 heavy (non-hydrogen) atoms. The van der Waals surface area contributed by atoms with Crippen molar-refractivity contribution in [1.82, 2.24) is 15.1 Å². The fourth-order valence-electron chi connectivity index (χ4n) is 1.96. The third kappa shape index (κ3) is 3.57. The van der Waals surface area contributed by atoms with Crippen LogP contribution in [0.5, 0.6) is 0 Å². The molecule has 1 rings (SSSR count). The largest absolute Gasteiger partial charge is 0.352 e. The second-order valence-corrected chi connectivity index (χ2v) is 4.79. The van der Waals surface area contributed by atoms with Crippen LogP contribution in [0.2, 0.25) is 0 Å². The van der Waals surface area contributed by atoms with Gasteiger partial charge in [-0.15, -0.1) is 0 Å². The Morgan fingerprint density at radius 3 is 2.72 bits per heavy atom. The van der Waals surface area contributed by atoms with E-state index in [9.17, 15) is 4.79 Å². The number of aryl methyl sites for hydroxylation is 2. The molecule has 102 valence electrons. The molecule has 5 nitrogen and oxygen atoms in total. The number of nitrogens with zero attached hydrogens (tertiary/aromatic N) is 2. The molecule has 3 N–H and O–H groups in total. The highest BCUT2D eigenvalue weighted by Gasteiger charge is 2.17. The van der Waals surface area contributed by atoms with E-state index < -0.39 is 0 Å². The molecule has 0 aliphatic rings. The molecule has 1 unspecified atom stereocenters. The van der Waals surface area contributed by atoms with E-state index in [0.717, 1.165) is 30.8 Å². The van der Waals surface area contributed by atoms with Crippen LogP contribution in [0.1, 0.15) is 48.4 Å². The second-order valence-electron chi connectivity index (χ2n) is 4.79.